The van der Waals surface area contributed by atoms with Crippen LogP contribution < -0.4 is 14.4 Å². The van der Waals surface area contributed by atoms with Crippen LogP contribution in [0.3, 0.4) is 0 Å². The van der Waals surface area contributed by atoms with Crippen molar-refractivity contribution in [3.05, 3.63) is 59.7 Å². The van der Waals surface area contributed by atoms with E-state index in [1.54, 1.807) is 32.4 Å². The molecule has 4 nitrogen and oxygen atoms in total. The Kier molecular flexibility index (Phi) is 5.41. The van der Waals surface area contributed by atoms with Crippen molar-refractivity contribution in [2.45, 2.75) is 0 Å². The minimum atomic E-state index is -0.0480. The zero-order valence-electron chi connectivity index (χ0n) is 13.9. The van der Waals surface area contributed by atoms with E-state index in [2.05, 4.69) is 0 Å². The average Bonchev–Trinajstić information content (AvgIpc) is 2.59. The first-order valence-corrected chi connectivity index (χ1v) is 7.27. The Hall–Kier alpha value is -2.75. The molecule has 23 heavy (non-hydrogen) atoms. The van der Waals surface area contributed by atoms with Gasteiger partial charge in [-0.25, -0.2) is 0 Å². The number of allylic oxidation sites excluding steroid dienone is 1. The summed E-state index contributed by atoms with van der Waals surface area (Å²) in [5, 5.41) is 0. The highest BCUT2D eigenvalue weighted by Crippen LogP contribution is 2.25. The molecule has 0 radical (unpaired) electrons. The number of carbonyl (C=O) groups excluding carboxylic acids is 1. The first kappa shape index (κ1) is 16.6. The molecule has 0 atom stereocenters. The van der Waals surface area contributed by atoms with Gasteiger partial charge in [-0.15, -0.1) is 0 Å². The summed E-state index contributed by atoms with van der Waals surface area (Å²) < 4.78 is 10.5. The number of benzene rings is 2. The fourth-order valence-corrected chi connectivity index (χ4v) is 2.14. The summed E-state index contributed by atoms with van der Waals surface area (Å²) in [5.41, 5.74) is 2.54. The topological polar surface area (TPSA) is 38.8 Å². The largest absolute Gasteiger partial charge is 0.497 e. The molecule has 2 rings (SSSR count). The predicted molar refractivity (Wildman–Crippen MR) is 93.7 cm³/mol. The highest BCUT2D eigenvalue weighted by atomic mass is 16.5. The Labute approximate surface area is 137 Å². The minimum Gasteiger partial charge on any atom is -0.497 e. The molecule has 0 amide bonds. The number of carbonyl (C=O) groups is 1. The van der Waals surface area contributed by atoms with Gasteiger partial charge in [-0.05, 0) is 48.6 Å². The van der Waals surface area contributed by atoms with Gasteiger partial charge in [0.1, 0.15) is 11.5 Å². The molecule has 2 aromatic carbocycles. The molecule has 120 valence electrons. The second kappa shape index (κ2) is 7.49. The number of ketones is 1. The van der Waals surface area contributed by atoms with Crippen LogP contribution in [0.2, 0.25) is 0 Å². The number of hydrogen-bond donors (Lipinski definition) is 0. The van der Waals surface area contributed by atoms with Gasteiger partial charge < -0.3 is 14.4 Å². The second-order valence-corrected chi connectivity index (χ2v) is 5.25. The number of methoxy groups -OCH3 is 2. The summed E-state index contributed by atoms with van der Waals surface area (Å²) >= 11 is 0. The van der Waals surface area contributed by atoms with Gasteiger partial charge in [0.15, 0.2) is 5.78 Å². The van der Waals surface area contributed by atoms with Crippen LogP contribution in [0.25, 0.3) is 6.08 Å². The Bertz CT molecular complexity index is 703. The molecular formula is C19H21NO3. The van der Waals surface area contributed by atoms with Crippen LogP contribution in [0.4, 0.5) is 5.69 Å². The van der Waals surface area contributed by atoms with Crippen molar-refractivity contribution in [2.24, 2.45) is 0 Å². The van der Waals surface area contributed by atoms with Crippen LogP contribution in [0, 0.1) is 0 Å². The van der Waals surface area contributed by atoms with Gasteiger partial charge in [0.2, 0.25) is 0 Å². The molecule has 0 saturated carbocycles. The van der Waals surface area contributed by atoms with E-state index in [1.165, 1.54) is 0 Å². The third-order valence-corrected chi connectivity index (χ3v) is 3.52. The van der Waals surface area contributed by atoms with Crippen molar-refractivity contribution < 1.29 is 14.3 Å². The van der Waals surface area contributed by atoms with E-state index in [1.807, 2.05) is 55.4 Å². The smallest absolute Gasteiger partial charge is 0.185 e. The summed E-state index contributed by atoms with van der Waals surface area (Å²) in [6.45, 7) is 0. The fraction of sp³-hybridized carbons (Fsp3) is 0.211. The molecule has 0 fully saturated rings. The summed E-state index contributed by atoms with van der Waals surface area (Å²) in [5.74, 6) is 1.33. The molecule has 0 bridgehead atoms. The molecular weight excluding hydrogens is 290 g/mol. The lowest BCUT2D eigenvalue weighted by molar-refractivity contribution is 0.104. The lowest BCUT2D eigenvalue weighted by Gasteiger charge is -2.12. The lowest BCUT2D eigenvalue weighted by atomic mass is 10.1. The molecule has 4 heteroatoms. The summed E-state index contributed by atoms with van der Waals surface area (Å²) in [6, 6.07) is 13.0. The molecule has 0 aromatic heterocycles. The van der Waals surface area contributed by atoms with E-state index in [0.717, 1.165) is 11.3 Å². The molecule has 0 aliphatic heterocycles. The monoisotopic (exact) mass is 311 g/mol. The Morgan fingerprint density at radius 2 is 1.70 bits per heavy atom. The van der Waals surface area contributed by atoms with Crippen molar-refractivity contribution in [3.63, 3.8) is 0 Å². The number of nitrogens with zero attached hydrogens (tertiary/aromatic N) is 1. The number of anilines is 1. The molecule has 0 heterocycles. The third-order valence-electron chi connectivity index (χ3n) is 3.52. The van der Waals surface area contributed by atoms with E-state index in [9.17, 15) is 4.79 Å². The molecule has 0 saturated heterocycles. The van der Waals surface area contributed by atoms with E-state index in [0.29, 0.717) is 17.1 Å². The predicted octanol–water partition coefficient (Wildman–Crippen LogP) is 3.67. The van der Waals surface area contributed by atoms with Crippen molar-refractivity contribution in [2.75, 3.05) is 33.2 Å². The number of ether oxygens (including phenoxy) is 2. The maximum atomic E-state index is 12.3. The SMILES string of the molecule is COc1ccc(/C=C/C(=O)c2ccc(N(C)C)cc2)c(OC)c1. The molecule has 0 aliphatic carbocycles. The Balaban J connectivity index is 2.17. The van der Waals surface area contributed by atoms with E-state index >= 15 is 0 Å². The van der Waals surface area contributed by atoms with Crippen molar-refractivity contribution in [1.29, 1.82) is 0 Å². The van der Waals surface area contributed by atoms with Crippen LogP contribution in [-0.4, -0.2) is 34.1 Å². The quantitative estimate of drug-likeness (QED) is 0.603. The molecule has 2 aromatic rings. The summed E-state index contributed by atoms with van der Waals surface area (Å²) in [7, 11) is 7.12. The van der Waals surface area contributed by atoms with Crippen LogP contribution >= 0.6 is 0 Å². The standard InChI is InChI=1S/C19H21NO3/c1-20(2)16-9-5-14(6-10-16)18(21)12-8-15-7-11-17(22-3)13-19(15)23-4/h5-13H,1-4H3/b12-8+. The van der Waals surface area contributed by atoms with Gasteiger partial charge in [0, 0.05) is 37.0 Å². The van der Waals surface area contributed by atoms with Crippen LogP contribution in [0.5, 0.6) is 11.5 Å². The van der Waals surface area contributed by atoms with Gasteiger partial charge in [0.25, 0.3) is 0 Å². The Morgan fingerprint density at radius 1 is 1.00 bits per heavy atom. The first-order chi connectivity index (χ1) is 11.0. The van der Waals surface area contributed by atoms with Gasteiger partial charge >= 0.3 is 0 Å². The maximum absolute atomic E-state index is 12.3. The second-order valence-electron chi connectivity index (χ2n) is 5.25. The van der Waals surface area contributed by atoms with Crippen molar-refractivity contribution >= 4 is 17.5 Å². The first-order valence-electron chi connectivity index (χ1n) is 7.27. The molecule has 0 spiro atoms. The van der Waals surface area contributed by atoms with Gasteiger partial charge in [-0.3, -0.25) is 4.79 Å². The Morgan fingerprint density at radius 3 is 2.26 bits per heavy atom. The highest BCUT2D eigenvalue weighted by Gasteiger charge is 2.05. The number of hydrogen-bond acceptors (Lipinski definition) is 4. The van der Waals surface area contributed by atoms with Crippen molar-refractivity contribution in [3.8, 4) is 11.5 Å². The third kappa shape index (κ3) is 4.13. The molecule has 0 unspecified atom stereocenters. The van der Waals surface area contributed by atoms with Crippen molar-refractivity contribution in [1.82, 2.24) is 0 Å². The van der Waals surface area contributed by atoms with E-state index in [4.69, 9.17) is 9.47 Å². The highest BCUT2D eigenvalue weighted by molar-refractivity contribution is 6.07. The van der Waals surface area contributed by atoms with E-state index < -0.39 is 0 Å². The van der Waals surface area contributed by atoms with Crippen LogP contribution in [0.1, 0.15) is 15.9 Å². The number of rotatable bonds is 6. The van der Waals surface area contributed by atoms with Crippen LogP contribution in [0.15, 0.2) is 48.5 Å². The lowest BCUT2D eigenvalue weighted by Crippen LogP contribution is -2.08. The summed E-state index contributed by atoms with van der Waals surface area (Å²) in [6.07, 6.45) is 3.30. The minimum absolute atomic E-state index is 0.0480. The maximum Gasteiger partial charge on any atom is 0.185 e. The fourth-order valence-electron chi connectivity index (χ4n) is 2.14. The normalized spacial score (nSPS) is 10.6. The zero-order valence-corrected chi connectivity index (χ0v) is 13.9. The van der Waals surface area contributed by atoms with Gasteiger partial charge in [0.05, 0.1) is 14.2 Å². The summed E-state index contributed by atoms with van der Waals surface area (Å²) in [4.78, 5) is 14.2. The molecule has 0 N–H and O–H groups in total. The molecule has 0 aliphatic rings. The zero-order chi connectivity index (χ0) is 16.8. The van der Waals surface area contributed by atoms with Gasteiger partial charge in [-0.1, -0.05) is 0 Å². The van der Waals surface area contributed by atoms with E-state index in [-0.39, 0.29) is 5.78 Å². The average molecular weight is 311 g/mol. The van der Waals surface area contributed by atoms with Crippen LogP contribution in [-0.2, 0) is 0 Å². The van der Waals surface area contributed by atoms with Gasteiger partial charge in [-0.2, -0.15) is 0 Å².